The molecule has 0 amide bonds. The third kappa shape index (κ3) is 4.57. The van der Waals surface area contributed by atoms with Crippen molar-refractivity contribution in [1.29, 1.82) is 0 Å². The van der Waals surface area contributed by atoms with Gasteiger partial charge in [-0.1, -0.05) is 0 Å². The summed E-state index contributed by atoms with van der Waals surface area (Å²) < 4.78 is 0. The van der Waals surface area contributed by atoms with E-state index in [-0.39, 0.29) is 6.61 Å². The summed E-state index contributed by atoms with van der Waals surface area (Å²) in [6.45, 7) is 2.49. The first-order chi connectivity index (χ1) is 6.33. The molecule has 0 aliphatic carbocycles. The van der Waals surface area contributed by atoms with E-state index in [0.717, 1.165) is 25.9 Å². The van der Waals surface area contributed by atoms with E-state index in [1.165, 1.54) is 6.42 Å². The van der Waals surface area contributed by atoms with E-state index in [9.17, 15) is 0 Å². The summed E-state index contributed by atoms with van der Waals surface area (Å²) in [7, 11) is 0. The number of hydrogen-bond acceptors (Lipinski definition) is 4. The molecular weight excluding hydrogens is 168 g/mol. The smallest absolute Gasteiger partial charge is 0.0895 e. The lowest BCUT2D eigenvalue weighted by molar-refractivity contribution is 0.0914. The molecule has 1 fully saturated rings. The van der Waals surface area contributed by atoms with Gasteiger partial charge < -0.3 is 20.8 Å². The van der Waals surface area contributed by atoms with Gasteiger partial charge in [0.2, 0.25) is 0 Å². The quantitative estimate of drug-likeness (QED) is 0.460. The zero-order valence-corrected chi connectivity index (χ0v) is 8.00. The van der Waals surface area contributed by atoms with Crippen LogP contribution in [0.2, 0.25) is 0 Å². The van der Waals surface area contributed by atoms with Crippen LogP contribution in [0.5, 0.6) is 0 Å². The standard InChI is InChI=1S/C9H20N2O2/c12-7-9(13)6-11-8-2-1-4-10-5-3-8/h8-13H,1-7H2. The summed E-state index contributed by atoms with van der Waals surface area (Å²) in [6, 6.07) is 0.496. The Kier molecular flexibility index (Phi) is 5.31. The van der Waals surface area contributed by atoms with Gasteiger partial charge in [0, 0.05) is 12.6 Å². The normalized spacial score (nSPS) is 26.8. The van der Waals surface area contributed by atoms with Gasteiger partial charge in [-0.05, 0) is 32.4 Å². The molecule has 0 aromatic heterocycles. The summed E-state index contributed by atoms with van der Waals surface area (Å²) in [5.74, 6) is 0. The zero-order valence-electron chi connectivity index (χ0n) is 8.00. The fourth-order valence-electron chi connectivity index (χ4n) is 1.59. The molecule has 1 aliphatic rings. The van der Waals surface area contributed by atoms with E-state index < -0.39 is 6.10 Å². The molecule has 4 nitrogen and oxygen atoms in total. The van der Waals surface area contributed by atoms with Crippen molar-refractivity contribution in [3.63, 3.8) is 0 Å². The van der Waals surface area contributed by atoms with Crippen molar-refractivity contribution >= 4 is 0 Å². The average molecular weight is 188 g/mol. The molecule has 0 saturated carbocycles. The second-order valence-corrected chi connectivity index (χ2v) is 3.62. The van der Waals surface area contributed by atoms with Crippen LogP contribution in [0.4, 0.5) is 0 Å². The van der Waals surface area contributed by atoms with Gasteiger partial charge >= 0.3 is 0 Å². The summed E-state index contributed by atoms with van der Waals surface area (Å²) >= 11 is 0. The van der Waals surface area contributed by atoms with Crippen LogP contribution in [-0.2, 0) is 0 Å². The number of hydrogen-bond donors (Lipinski definition) is 4. The first-order valence-electron chi connectivity index (χ1n) is 5.06. The maximum Gasteiger partial charge on any atom is 0.0895 e. The monoisotopic (exact) mass is 188 g/mol. The molecule has 2 unspecified atom stereocenters. The van der Waals surface area contributed by atoms with Gasteiger partial charge in [0.05, 0.1) is 12.7 Å². The topological polar surface area (TPSA) is 64.5 Å². The lowest BCUT2D eigenvalue weighted by Crippen LogP contribution is -2.37. The van der Waals surface area contributed by atoms with Crippen LogP contribution in [0.25, 0.3) is 0 Å². The fourth-order valence-corrected chi connectivity index (χ4v) is 1.59. The number of rotatable bonds is 4. The molecule has 4 heteroatoms. The zero-order chi connectivity index (χ0) is 9.52. The summed E-state index contributed by atoms with van der Waals surface area (Å²) in [4.78, 5) is 0. The molecule has 0 aromatic rings. The largest absolute Gasteiger partial charge is 0.394 e. The molecule has 1 rings (SSSR count). The van der Waals surface area contributed by atoms with Crippen molar-refractivity contribution in [2.45, 2.75) is 31.4 Å². The molecular formula is C9H20N2O2. The van der Waals surface area contributed by atoms with Gasteiger partial charge in [-0.15, -0.1) is 0 Å². The van der Waals surface area contributed by atoms with Crippen LogP contribution >= 0.6 is 0 Å². The highest BCUT2D eigenvalue weighted by Gasteiger charge is 2.12. The SMILES string of the molecule is OCC(O)CNC1CCCNCC1. The third-order valence-electron chi connectivity index (χ3n) is 2.43. The van der Waals surface area contributed by atoms with E-state index in [0.29, 0.717) is 12.6 Å². The molecule has 0 bridgehead atoms. The predicted molar refractivity (Wildman–Crippen MR) is 51.6 cm³/mol. The Morgan fingerprint density at radius 3 is 3.00 bits per heavy atom. The van der Waals surface area contributed by atoms with Crippen LogP contribution in [0, 0.1) is 0 Å². The minimum atomic E-state index is -0.615. The Balaban J connectivity index is 2.11. The molecule has 4 N–H and O–H groups in total. The van der Waals surface area contributed by atoms with Gasteiger partial charge in [-0.2, -0.15) is 0 Å². The molecule has 0 aromatic carbocycles. The van der Waals surface area contributed by atoms with Crippen LogP contribution in [0.3, 0.4) is 0 Å². The molecule has 1 heterocycles. The predicted octanol–water partition coefficient (Wildman–Crippen LogP) is -0.929. The Morgan fingerprint density at radius 1 is 1.38 bits per heavy atom. The molecule has 0 radical (unpaired) electrons. The lowest BCUT2D eigenvalue weighted by Gasteiger charge is -2.17. The summed E-state index contributed by atoms with van der Waals surface area (Å²) in [6.07, 6.45) is 2.84. The van der Waals surface area contributed by atoms with E-state index in [1.54, 1.807) is 0 Å². The third-order valence-corrected chi connectivity index (χ3v) is 2.43. The lowest BCUT2D eigenvalue weighted by atomic mass is 10.1. The van der Waals surface area contributed by atoms with Crippen LogP contribution < -0.4 is 10.6 Å². The van der Waals surface area contributed by atoms with Gasteiger partial charge in [0.25, 0.3) is 0 Å². The maximum atomic E-state index is 9.13. The molecule has 1 saturated heterocycles. The second-order valence-electron chi connectivity index (χ2n) is 3.62. The maximum absolute atomic E-state index is 9.13. The first kappa shape index (κ1) is 10.9. The Hall–Kier alpha value is -0.160. The molecule has 13 heavy (non-hydrogen) atoms. The highest BCUT2D eigenvalue weighted by atomic mass is 16.3. The molecule has 1 aliphatic heterocycles. The van der Waals surface area contributed by atoms with Crippen molar-refractivity contribution in [2.75, 3.05) is 26.2 Å². The van der Waals surface area contributed by atoms with E-state index in [1.807, 2.05) is 0 Å². The van der Waals surface area contributed by atoms with Gasteiger partial charge in [0.15, 0.2) is 0 Å². The van der Waals surface area contributed by atoms with Crippen molar-refractivity contribution in [1.82, 2.24) is 10.6 Å². The summed E-state index contributed by atoms with van der Waals surface area (Å²) in [5.41, 5.74) is 0. The van der Waals surface area contributed by atoms with E-state index >= 15 is 0 Å². The Bertz CT molecular complexity index is 125. The molecule has 2 atom stereocenters. The number of nitrogens with one attached hydrogen (secondary N) is 2. The van der Waals surface area contributed by atoms with Crippen LogP contribution in [-0.4, -0.2) is 48.6 Å². The van der Waals surface area contributed by atoms with E-state index in [2.05, 4.69) is 10.6 Å². The van der Waals surface area contributed by atoms with Crippen molar-refractivity contribution in [3.8, 4) is 0 Å². The highest BCUT2D eigenvalue weighted by Crippen LogP contribution is 2.04. The van der Waals surface area contributed by atoms with Crippen molar-refractivity contribution in [3.05, 3.63) is 0 Å². The minimum Gasteiger partial charge on any atom is -0.394 e. The number of aliphatic hydroxyl groups is 2. The van der Waals surface area contributed by atoms with Gasteiger partial charge in [-0.25, -0.2) is 0 Å². The Labute approximate surface area is 79.3 Å². The highest BCUT2D eigenvalue weighted by molar-refractivity contribution is 4.73. The van der Waals surface area contributed by atoms with Crippen molar-refractivity contribution < 1.29 is 10.2 Å². The van der Waals surface area contributed by atoms with Gasteiger partial charge in [-0.3, -0.25) is 0 Å². The second kappa shape index (κ2) is 6.32. The minimum absolute atomic E-state index is 0.155. The van der Waals surface area contributed by atoms with E-state index in [4.69, 9.17) is 10.2 Å². The van der Waals surface area contributed by atoms with Crippen LogP contribution in [0.1, 0.15) is 19.3 Å². The first-order valence-corrected chi connectivity index (χ1v) is 5.06. The molecule has 0 spiro atoms. The van der Waals surface area contributed by atoms with Crippen LogP contribution in [0.15, 0.2) is 0 Å². The number of aliphatic hydroxyl groups excluding tert-OH is 2. The Morgan fingerprint density at radius 2 is 2.23 bits per heavy atom. The summed E-state index contributed by atoms with van der Waals surface area (Å²) in [5, 5.41) is 24.3. The molecule has 78 valence electrons. The van der Waals surface area contributed by atoms with Crippen molar-refractivity contribution in [2.24, 2.45) is 0 Å². The van der Waals surface area contributed by atoms with Gasteiger partial charge in [0.1, 0.15) is 0 Å². The average Bonchev–Trinajstić information content (AvgIpc) is 2.42. The fraction of sp³-hybridized carbons (Fsp3) is 1.00.